The molecule has 1 N–H and O–H groups in total. The number of aromatic amines is 1. The quantitative estimate of drug-likeness (QED) is 0.905. The van der Waals surface area contributed by atoms with Crippen LogP contribution in [0, 0.1) is 5.41 Å². The number of H-pyrrole nitrogens is 1. The minimum atomic E-state index is -0.415. The zero-order valence-corrected chi connectivity index (χ0v) is 14.2. The number of aromatic nitrogens is 2. The maximum Gasteiger partial charge on any atom is 0.328 e. The molecule has 1 unspecified atom stereocenters. The van der Waals surface area contributed by atoms with Crippen molar-refractivity contribution in [2.75, 3.05) is 26.9 Å². The van der Waals surface area contributed by atoms with Crippen LogP contribution in [0.3, 0.4) is 0 Å². The average Bonchev–Trinajstić information content (AvgIpc) is 3.00. The van der Waals surface area contributed by atoms with Gasteiger partial charge in [0.1, 0.15) is 5.75 Å². The lowest BCUT2D eigenvalue weighted by Gasteiger charge is -2.31. The zero-order chi connectivity index (χ0) is 17.4. The maximum absolute atomic E-state index is 12.7. The third-order valence-electron chi connectivity index (χ3n) is 5.41. The average molecular weight is 346 g/mol. The number of ether oxygens (including phenoxy) is 3. The summed E-state index contributed by atoms with van der Waals surface area (Å²) < 4.78 is 17.8. The molecule has 0 bridgehead atoms. The van der Waals surface area contributed by atoms with E-state index in [4.69, 9.17) is 14.2 Å². The molecule has 1 atom stereocenters. The SMILES string of the molecule is COc1ccc2c(=O)n(CC3CC4(CCOCC4)CO3)c(=O)[nH]c2c1. The molecule has 7 heteroatoms. The molecule has 7 nitrogen and oxygen atoms in total. The minimum Gasteiger partial charge on any atom is -0.497 e. The van der Waals surface area contributed by atoms with E-state index in [0.29, 0.717) is 23.3 Å². The van der Waals surface area contributed by atoms with Gasteiger partial charge in [-0.05, 0) is 31.4 Å². The molecule has 0 saturated carbocycles. The molecule has 134 valence electrons. The summed E-state index contributed by atoms with van der Waals surface area (Å²) in [5.41, 5.74) is -0.0807. The molecule has 0 aliphatic carbocycles. The first-order valence-corrected chi connectivity index (χ1v) is 8.60. The predicted octanol–water partition coefficient (Wildman–Crippen LogP) is 1.28. The van der Waals surface area contributed by atoms with Crippen LogP contribution in [-0.2, 0) is 16.0 Å². The number of hydrogen-bond donors (Lipinski definition) is 1. The van der Waals surface area contributed by atoms with Crippen LogP contribution in [0.1, 0.15) is 19.3 Å². The summed E-state index contributed by atoms with van der Waals surface area (Å²) in [5.74, 6) is 0.598. The first kappa shape index (κ1) is 16.4. The van der Waals surface area contributed by atoms with E-state index in [-0.39, 0.29) is 23.6 Å². The van der Waals surface area contributed by atoms with Crippen molar-refractivity contribution < 1.29 is 14.2 Å². The summed E-state index contributed by atoms with van der Waals surface area (Å²) in [4.78, 5) is 27.9. The standard InChI is InChI=1S/C18H22N2O5/c1-23-12-2-3-14-15(8-12)19-17(22)20(16(14)21)10-13-9-18(11-25-13)4-6-24-7-5-18/h2-3,8,13H,4-7,9-11H2,1H3,(H,19,22). The molecule has 4 rings (SSSR count). The molecule has 25 heavy (non-hydrogen) atoms. The molecule has 2 fully saturated rings. The third-order valence-corrected chi connectivity index (χ3v) is 5.41. The number of benzene rings is 1. The van der Waals surface area contributed by atoms with Crippen LogP contribution in [0.2, 0.25) is 0 Å². The number of methoxy groups -OCH3 is 1. The Balaban J connectivity index is 1.62. The highest BCUT2D eigenvalue weighted by molar-refractivity contribution is 5.78. The second kappa shape index (κ2) is 6.31. The first-order valence-electron chi connectivity index (χ1n) is 8.60. The van der Waals surface area contributed by atoms with Crippen LogP contribution < -0.4 is 16.0 Å². The lowest BCUT2D eigenvalue weighted by Crippen LogP contribution is -2.38. The number of nitrogens with zero attached hydrogens (tertiary/aromatic N) is 1. The van der Waals surface area contributed by atoms with Crippen LogP contribution in [0.5, 0.6) is 5.75 Å². The Morgan fingerprint density at radius 2 is 2.12 bits per heavy atom. The van der Waals surface area contributed by atoms with E-state index in [1.165, 1.54) is 4.57 Å². The van der Waals surface area contributed by atoms with Crippen LogP contribution in [0.4, 0.5) is 0 Å². The topological polar surface area (TPSA) is 82.5 Å². The van der Waals surface area contributed by atoms with Crippen LogP contribution >= 0.6 is 0 Å². The van der Waals surface area contributed by atoms with E-state index in [0.717, 1.165) is 32.5 Å². The highest BCUT2D eigenvalue weighted by Gasteiger charge is 2.41. The van der Waals surface area contributed by atoms with Crippen molar-refractivity contribution in [1.29, 1.82) is 0 Å². The van der Waals surface area contributed by atoms with Gasteiger partial charge in [0.15, 0.2) is 0 Å². The Morgan fingerprint density at radius 1 is 1.32 bits per heavy atom. The summed E-state index contributed by atoms with van der Waals surface area (Å²) in [6.07, 6.45) is 2.70. The minimum absolute atomic E-state index is 0.118. The number of hydrogen-bond acceptors (Lipinski definition) is 5. The summed E-state index contributed by atoms with van der Waals surface area (Å²) >= 11 is 0. The normalized spacial score (nSPS) is 22.5. The Morgan fingerprint density at radius 3 is 2.88 bits per heavy atom. The van der Waals surface area contributed by atoms with Crippen molar-refractivity contribution in [3.8, 4) is 5.75 Å². The van der Waals surface area contributed by atoms with Crippen molar-refractivity contribution >= 4 is 10.9 Å². The van der Waals surface area contributed by atoms with Gasteiger partial charge in [-0.25, -0.2) is 4.79 Å². The second-order valence-corrected chi connectivity index (χ2v) is 7.01. The van der Waals surface area contributed by atoms with Gasteiger partial charge in [0.05, 0.1) is 37.3 Å². The van der Waals surface area contributed by atoms with Crippen LogP contribution in [0.15, 0.2) is 27.8 Å². The summed E-state index contributed by atoms with van der Waals surface area (Å²) in [6.45, 7) is 2.47. The van der Waals surface area contributed by atoms with Gasteiger partial charge < -0.3 is 19.2 Å². The molecule has 2 aliphatic heterocycles. The Labute approximate surface area is 144 Å². The Bertz CT molecular complexity index is 894. The monoisotopic (exact) mass is 346 g/mol. The molecule has 2 aromatic rings. The van der Waals surface area contributed by atoms with Crippen molar-refractivity contribution in [1.82, 2.24) is 9.55 Å². The molecule has 0 radical (unpaired) electrons. The lowest BCUT2D eigenvalue weighted by molar-refractivity contribution is 0.00640. The van der Waals surface area contributed by atoms with E-state index >= 15 is 0 Å². The molecule has 0 amide bonds. The van der Waals surface area contributed by atoms with Crippen molar-refractivity contribution in [2.24, 2.45) is 5.41 Å². The fourth-order valence-corrected chi connectivity index (χ4v) is 3.90. The summed E-state index contributed by atoms with van der Waals surface area (Å²) in [6, 6.07) is 5.06. The van der Waals surface area contributed by atoms with Gasteiger partial charge in [0.25, 0.3) is 5.56 Å². The fourth-order valence-electron chi connectivity index (χ4n) is 3.90. The van der Waals surface area contributed by atoms with Crippen molar-refractivity contribution in [3.63, 3.8) is 0 Å². The Kier molecular flexibility index (Phi) is 4.13. The molecule has 1 spiro atoms. The lowest BCUT2D eigenvalue weighted by atomic mass is 9.78. The van der Waals surface area contributed by atoms with Crippen LogP contribution in [-0.4, -0.2) is 42.6 Å². The first-order chi connectivity index (χ1) is 12.1. The van der Waals surface area contributed by atoms with E-state index < -0.39 is 5.69 Å². The second-order valence-electron chi connectivity index (χ2n) is 7.01. The molecule has 2 saturated heterocycles. The van der Waals surface area contributed by atoms with Crippen molar-refractivity contribution in [3.05, 3.63) is 39.0 Å². The van der Waals surface area contributed by atoms with Gasteiger partial charge in [-0.15, -0.1) is 0 Å². The number of nitrogens with one attached hydrogen (secondary N) is 1. The molecule has 1 aromatic heterocycles. The van der Waals surface area contributed by atoms with Gasteiger partial charge in [0, 0.05) is 24.7 Å². The van der Waals surface area contributed by atoms with Crippen molar-refractivity contribution in [2.45, 2.75) is 31.9 Å². The number of rotatable bonds is 3. The molecule has 3 heterocycles. The highest BCUT2D eigenvalue weighted by Crippen LogP contribution is 2.41. The van der Waals surface area contributed by atoms with Gasteiger partial charge in [0.2, 0.25) is 0 Å². The van der Waals surface area contributed by atoms with E-state index in [1.807, 2.05) is 0 Å². The molecular formula is C18H22N2O5. The van der Waals surface area contributed by atoms with Gasteiger partial charge in [-0.1, -0.05) is 0 Å². The molecule has 2 aliphatic rings. The molecule has 1 aromatic carbocycles. The smallest absolute Gasteiger partial charge is 0.328 e. The Hall–Kier alpha value is -2.12. The van der Waals surface area contributed by atoms with Crippen LogP contribution in [0.25, 0.3) is 10.9 Å². The van der Waals surface area contributed by atoms with E-state index in [2.05, 4.69) is 4.98 Å². The third kappa shape index (κ3) is 2.98. The van der Waals surface area contributed by atoms with Gasteiger partial charge in [-0.3, -0.25) is 9.36 Å². The van der Waals surface area contributed by atoms with E-state index in [9.17, 15) is 9.59 Å². The largest absolute Gasteiger partial charge is 0.497 e. The fraction of sp³-hybridized carbons (Fsp3) is 0.556. The van der Waals surface area contributed by atoms with E-state index in [1.54, 1.807) is 25.3 Å². The summed E-state index contributed by atoms with van der Waals surface area (Å²) in [5, 5.41) is 0.471. The number of fused-ring (bicyclic) bond motifs is 1. The zero-order valence-electron chi connectivity index (χ0n) is 14.2. The maximum atomic E-state index is 12.7. The predicted molar refractivity (Wildman–Crippen MR) is 92.2 cm³/mol. The van der Waals surface area contributed by atoms with Gasteiger partial charge >= 0.3 is 5.69 Å². The summed E-state index contributed by atoms with van der Waals surface area (Å²) in [7, 11) is 1.55. The molecular weight excluding hydrogens is 324 g/mol. The highest BCUT2D eigenvalue weighted by atomic mass is 16.5. The van der Waals surface area contributed by atoms with Gasteiger partial charge in [-0.2, -0.15) is 0 Å².